The number of nitrogens with zero attached hydrogens (tertiary/aromatic N) is 1. The number of thioether (sulfide) groups is 1. The number of rotatable bonds is 6. The lowest BCUT2D eigenvalue weighted by Gasteiger charge is -2.22. The van der Waals surface area contributed by atoms with Crippen molar-refractivity contribution in [2.45, 2.75) is 25.2 Å². The van der Waals surface area contributed by atoms with E-state index < -0.39 is 0 Å². The molecule has 2 aromatic carbocycles. The Balaban J connectivity index is 2.10. The summed E-state index contributed by atoms with van der Waals surface area (Å²) in [5.74, 6) is 0. The SMILES string of the molecule is C=CC/C(=C(\Sc1ccc(C)cc1)N1CCOC1=O)c1cccc(C)c1. The third-order valence-electron chi connectivity index (χ3n) is 4.21. The molecule has 0 N–H and O–H groups in total. The molecule has 26 heavy (non-hydrogen) atoms. The quantitative estimate of drug-likeness (QED) is 0.479. The third kappa shape index (κ3) is 4.20. The molecule has 134 valence electrons. The van der Waals surface area contributed by atoms with Crippen molar-refractivity contribution in [2.75, 3.05) is 13.2 Å². The highest BCUT2D eigenvalue weighted by Gasteiger charge is 2.28. The number of aryl methyl sites for hydroxylation is 2. The molecule has 0 aliphatic carbocycles. The maximum Gasteiger partial charge on any atom is 0.414 e. The van der Waals surface area contributed by atoms with Crippen LogP contribution in [0.3, 0.4) is 0 Å². The van der Waals surface area contributed by atoms with Crippen molar-refractivity contribution < 1.29 is 9.53 Å². The van der Waals surface area contributed by atoms with Crippen molar-refractivity contribution in [3.8, 4) is 0 Å². The van der Waals surface area contributed by atoms with E-state index in [-0.39, 0.29) is 6.09 Å². The van der Waals surface area contributed by atoms with E-state index in [4.69, 9.17) is 4.74 Å². The summed E-state index contributed by atoms with van der Waals surface area (Å²) < 4.78 is 5.20. The number of allylic oxidation sites excluding steroid dienone is 2. The van der Waals surface area contributed by atoms with Crippen LogP contribution >= 0.6 is 11.8 Å². The molecule has 0 bridgehead atoms. The first-order valence-corrected chi connectivity index (χ1v) is 9.50. The summed E-state index contributed by atoms with van der Waals surface area (Å²) in [7, 11) is 0. The third-order valence-corrected chi connectivity index (χ3v) is 5.38. The number of hydrogen-bond donors (Lipinski definition) is 0. The van der Waals surface area contributed by atoms with Gasteiger partial charge in [0.25, 0.3) is 0 Å². The minimum atomic E-state index is -0.283. The van der Waals surface area contributed by atoms with Gasteiger partial charge < -0.3 is 4.74 Å². The number of amides is 1. The molecule has 1 aliphatic rings. The highest BCUT2D eigenvalue weighted by molar-refractivity contribution is 8.03. The van der Waals surface area contributed by atoms with Crippen molar-refractivity contribution in [1.29, 1.82) is 0 Å². The maximum absolute atomic E-state index is 12.3. The number of hydrogen-bond acceptors (Lipinski definition) is 3. The lowest BCUT2D eigenvalue weighted by molar-refractivity contribution is 0.165. The molecule has 1 fully saturated rings. The largest absolute Gasteiger partial charge is 0.447 e. The Labute approximate surface area is 159 Å². The zero-order chi connectivity index (χ0) is 18.5. The van der Waals surface area contributed by atoms with Gasteiger partial charge >= 0.3 is 6.09 Å². The van der Waals surface area contributed by atoms with E-state index in [1.165, 1.54) is 11.1 Å². The first-order chi connectivity index (χ1) is 12.6. The topological polar surface area (TPSA) is 29.5 Å². The fourth-order valence-electron chi connectivity index (χ4n) is 2.88. The Morgan fingerprint density at radius 3 is 2.58 bits per heavy atom. The monoisotopic (exact) mass is 365 g/mol. The molecule has 0 aromatic heterocycles. The second-order valence-electron chi connectivity index (χ2n) is 6.33. The van der Waals surface area contributed by atoms with Crippen LogP contribution < -0.4 is 0 Å². The molecule has 1 amide bonds. The number of ether oxygens (including phenoxy) is 1. The summed E-state index contributed by atoms with van der Waals surface area (Å²) in [6, 6.07) is 16.7. The number of carbonyl (C=O) groups excluding carboxylic acids is 1. The second kappa shape index (κ2) is 8.28. The van der Waals surface area contributed by atoms with E-state index >= 15 is 0 Å². The lowest BCUT2D eigenvalue weighted by Crippen LogP contribution is -2.23. The smallest absolute Gasteiger partial charge is 0.414 e. The van der Waals surface area contributed by atoms with Crippen molar-refractivity contribution in [1.82, 2.24) is 4.90 Å². The van der Waals surface area contributed by atoms with Crippen LogP contribution in [0.1, 0.15) is 23.1 Å². The average molecular weight is 365 g/mol. The van der Waals surface area contributed by atoms with Crippen LogP contribution in [0.5, 0.6) is 0 Å². The molecule has 4 heteroatoms. The summed E-state index contributed by atoms with van der Waals surface area (Å²) in [5.41, 5.74) is 4.60. The molecule has 0 spiro atoms. The van der Waals surface area contributed by atoms with Crippen LogP contribution in [0.25, 0.3) is 5.57 Å². The van der Waals surface area contributed by atoms with Crippen molar-refractivity contribution in [3.05, 3.63) is 82.9 Å². The Hall–Kier alpha value is -2.46. The Bertz CT molecular complexity index is 839. The molecular formula is C22H23NO2S. The number of carbonyl (C=O) groups is 1. The first kappa shape index (κ1) is 18.3. The predicted molar refractivity (Wildman–Crippen MR) is 108 cm³/mol. The zero-order valence-corrected chi connectivity index (χ0v) is 16.0. The molecule has 0 radical (unpaired) electrons. The lowest BCUT2D eigenvalue weighted by atomic mass is 10.0. The van der Waals surface area contributed by atoms with Gasteiger partial charge in [0.2, 0.25) is 0 Å². The molecule has 0 unspecified atom stereocenters. The Kier molecular flexibility index (Phi) is 5.84. The van der Waals surface area contributed by atoms with Gasteiger partial charge in [-0.3, -0.25) is 4.90 Å². The maximum atomic E-state index is 12.3. The van der Waals surface area contributed by atoms with Gasteiger partial charge in [-0.1, -0.05) is 65.4 Å². The number of cyclic esters (lactones) is 1. The molecule has 0 atom stereocenters. The van der Waals surface area contributed by atoms with E-state index in [1.54, 1.807) is 16.7 Å². The Morgan fingerprint density at radius 2 is 1.96 bits per heavy atom. The molecule has 1 saturated heterocycles. The van der Waals surface area contributed by atoms with E-state index in [0.717, 1.165) is 21.1 Å². The van der Waals surface area contributed by atoms with Crippen molar-refractivity contribution in [2.24, 2.45) is 0 Å². The average Bonchev–Trinajstić information content (AvgIpc) is 3.05. The molecule has 2 aromatic rings. The highest BCUT2D eigenvalue weighted by Crippen LogP contribution is 2.38. The summed E-state index contributed by atoms with van der Waals surface area (Å²) >= 11 is 1.60. The molecule has 1 aliphatic heterocycles. The van der Waals surface area contributed by atoms with Crippen LogP contribution in [0.4, 0.5) is 4.79 Å². The molecular weight excluding hydrogens is 342 g/mol. The van der Waals surface area contributed by atoms with E-state index in [0.29, 0.717) is 19.6 Å². The van der Waals surface area contributed by atoms with Gasteiger partial charge in [0, 0.05) is 4.90 Å². The molecule has 1 heterocycles. The summed E-state index contributed by atoms with van der Waals surface area (Å²) in [5, 5.41) is 0.918. The van der Waals surface area contributed by atoms with Crippen LogP contribution in [0.15, 0.2) is 71.1 Å². The predicted octanol–water partition coefficient (Wildman–Crippen LogP) is 5.79. The van der Waals surface area contributed by atoms with Gasteiger partial charge in [0.15, 0.2) is 0 Å². The van der Waals surface area contributed by atoms with Crippen molar-refractivity contribution >= 4 is 23.4 Å². The first-order valence-electron chi connectivity index (χ1n) is 8.68. The van der Waals surface area contributed by atoms with Gasteiger partial charge in [-0.25, -0.2) is 4.79 Å². The van der Waals surface area contributed by atoms with E-state index in [2.05, 4.69) is 62.9 Å². The van der Waals surface area contributed by atoms with E-state index in [1.807, 2.05) is 12.1 Å². The van der Waals surface area contributed by atoms with Crippen LogP contribution in [-0.4, -0.2) is 24.1 Å². The zero-order valence-electron chi connectivity index (χ0n) is 15.2. The van der Waals surface area contributed by atoms with E-state index in [9.17, 15) is 4.79 Å². The second-order valence-corrected chi connectivity index (χ2v) is 7.39. The van der Waals surface area contributed by atoms with Gasteiger partial charge in [-0.05, 0) is 43.5 Å². The fourth-order valence-corrected chi connectivity index (χ4v) is 3.98. The fraction of sp³-hybridized carbons (Fsp3) is 0.227. The van der Waals surface area contributed by atoms with Gasteiger partial charge in [-0.2, -0.15) is 0 Å². The summed E-state index contributed by atoms with van der Waals surface area (Å²) in [4.78, 5) is 15.1. The minimum Gasteiger partial charge on any atom is -0.447 e. The van der Waals surface area contributed by atoms with Gasteiger partial charge in [0.05, 0.1) is 11.6 Å². The standard InChI is InChI=1S/C22H23NO2S/c1-4-6-20(18-8-5-7-17(3)15-18)21(23-13-14-25-22(23)24)26-19-11-9-16(2)10-12-19/h4-5,7-12,15H,1,6,13-14H2,2-3H3/b21-20+. The number of benzene rings is 2. The molecule has 3 rings (SSSR count). The van der Waals surface area contributed by atoms with Crippen LogP contribution in [0, 0.1) is 13.8 Å². The highest BCUT2D eigenvalue weighted by atomic mass is 32.2. The minimum absolute atomic E-state index is 0.283. The van der Waals surface area contributed by atoms with Crippen LogP contribution in [0.2, 0.25) is 0 Å². The van der Waals surface area contributed by atoms with Gasteiger partial charge in [0.1, 0.15) is 6.61 Å². The Morgan fingerprint density at radius 1 is 1.19 bits per heavy atom. The van der Waals surface area contributed by atoms with Gasteiger partial charge in [-0.15, -0.1) is 6.58 Å². The van der Waals surface area contributed by atoms with Crippen LogP contribution in [-0.2, 0) is 4.74 Å². The normalized spacial score (nSPS) is 14.8. The van der Waals surface area contributed by atoms with Crippen molar-refractivity contribution in [3.63, 3.8) is 0 Å². The molecule has 0 saturated carbocycles. The summed E-state index contributed by atoms with van der Waals surface area (Å²) in [6.45, 7) is 9.05. The summed E-state index contributed by atoms with van der Waals surface area (Å²) in [6.07, 6.45) is 2.28. The molecule has 3 nitrogen and oxygen atoms in total.